The molecule has 1 amide bonds. The molecule has 6 heteroatoms. The molecular weight excluding hydrogens is 354 g/mol. The lowest BCUT2D eigenvalue weighted by molar-refractivity contribution is -0.130. The Bertz CT molecular complexity index is 1050. The van der Waals surface area contributed by atoms with Crippen molar-refractivity contribution in [3.63, 3.8) is 0 Å². The average Bonchev–Trinajstić information content (AvgIpc) is 2.96. The number of fused-ring (bicyclic) bond motifs is 1. The van der Waals surface area contributed by atoms with E-state index in [9.17, 15) is 9.59 Å². The number of amides is 1. The summed E-state index contributed by atoms with van der Waals surface area (Å²) in [6.45, 7) is 5.40. The van der Waals surface area contributed by atoms with Crippen LogP contribution in [0.25, 0.3) is 11.0 Å². The van der Waals surface area contributed by atoms with Crippen LogP contribution in [0.4, 0.5) is 0 Å². The van der Waals surface area contributed by atoms with Crippen molar-refractivity contribution >= 4 is 16.9 Å². The molecule has 1 aromatic heterocycles. The molecule has 0 N–H and O–H groups in total. The monoisotopic (exact) mass is 381 g/mol. The summed E-state index contributed by atoms with van der Waals surface area (Å²) in [5, 5.41) is 0. The summed E-state index contributed by atoms with van der Waals surface area (Å²) in [6.07, 6.45) is 0.266. The first-order valence-electron chi connectivity index (χ1n) is 9.51. The van der Waals surface area contributed by atoms with Crippen LogP contribution in [0.3, 0.4) is 0 Å². The highest BCUT2D eigenvalue weighted by molar-refractivity contribution is 5.78. The molecule has 148 valence electrons. The van der Waals surface area contributed by atoms with Gasteiger partial charge in [-0.3, -0.25) is 13.9 Å². The number of methoxy groups -OCH3 is 1. The van der Waals surface area contributed by atoms with E-state index in [1.54, 1.807) is 28.2 Å². The molecule has 6 nitrogen and oxygen atoms in total. The number of ether oxygens (including phenoxy) is 1. The maximum absolute atomic E-state index is 12.7. The normalized spacial score (nSPS) is 11.0. The van der Waals surface area contributed by atoms with Crippen molar-refractivity contribution in [2.24, 2.45) is 0 Å². The standard InChI is InChI=1S/C22H27N3O3/c1-5-24-18-8-6-7-9-19(18)25(22(24)27)13-12-21(26)23(3)15-17-14-16(2)10-11-20(17)28-4/h6-11,14H,5,12-13,15H2,1-4H3. The molecule has 0 aliphatic rings. The Morgan fingerprint density at radius 1 is 1.11 bits per heavy atom. The highest BCUT2D eigenvalue weighted by atomic mass is 16.5. The van der Waals surface area contributed by atoms with Gasteiger partial charge in [-0.15, -0.1) is 0 Å². The van der Waals surface area contributed by atoms with Gasteiger partial charge in [0.1, 0.15) is 5.75 Å². The predicted molar refractivity (Wildman–Crippen MR) is 111 cm³/mol. The van der Waals surface area contributed by atoms with Crippen LogP contribution in [0.15, 0.2) is 47.3 Å². The molecule has 0 unspecified atom stereocenters. The van der Waals surface area contributed by atoms with Gasteiger partial charge in [-0.2, -0.15) is 0 Å². The number of hydrogen-bond donors (Lipinski definition) is 0. The van der Waals surface area contributed by atoms with Gasteiger partial charge in [0.05, 0.1) is 18.1 Å². The Morgan fingerprint density at radius 3 is 2.43 bits per heavy atom. The lowest BCUT2D eigenvalue weighted by atomic mass is 10.1. The predicted octanol–water partition coefficient (Wildman–Crippen LogP) is 3.19. The van der Waals surface area contributed by atoms with Crippen LogP contribution < -0.4 is 10.4 Å². The van der Waals surface area contributed by atoms with E-state index in [0.29, 0.717) is 19.6 Å². The highest BCUT2D eigenvalue weighted by Gasteiger charge is 2.16. The van der Waals surface area contributed by atoms with Gasteiger partial charge in [0, 0.05) is 38.7 Å². The van der Waals surface area contributed by atoms with Crippen molar-refractivity contribution < 1.29 is 9.53 Å². The van der Waals surface area contributed by atoms with Crippen molar-refractivity contribution in [3.8, 4) is 5.75 Å². The van der Waals surface area contributed by atoms with Gasteiger partial charge in [0.15, 0.2) is 0 Å². The van der Waals surface area contributed by atoms with E-state index in [2.05, 4.69) is 0 Å². The summed E-state index contributed by atoms with van der Waals surface area (Å²) in [4.78, 5) is 27.1. The molecule has 0 spiro atoms. The highest BCUT2D eigenvalue weighted by Crippen LogP contribution is 2.21. The largest absolute Gasteiger partial charge is 0.496 e. The number of carbonyl (C=O) groups excluding carboxylic acids is 1. The second-order valence-electron chi connectivity index (χ2n) is 6.98. The average molecular weight is 381 g/mol. The lowest BCUT2D eigenvalue weighted by Crippen LogP contribution is -2.30. The molecule has 0 radical (unpaired) electrons. The Balaban J connectivity index is 1.74. The number of imidazole rings is 1. The third kappa shape index (κ3) is 3.81. The second-order valence-corrected chi connectivity index (χ2v) is 6.98. The summed E-state index contributed by atoms with van der Waals surface area (Å²) in [7, 11) is 3.41. The van der Waals surface area contributed by atoms with Crippen LogP contribution in [0, 0.1) is 6.92 Å². The molecule has 2 aromatic carbocycles. The topological polar surface area (TPSA) is 56.5 Å². The fraction of sp³-hybridized carbons (Fsp3) is 0.364. The molecular formula is C22H27N3O3. The summed E-state index contributed by atoms with van der Waals surface area (Å²) in [6, 6.07) is 13.6. The third-order valence-corrected chi connectivity index (χ3v) is 5.06. The zero-order chi connectivity index (χ0) is 20.3. The number of aromatic nitrogens is 2. The van der Waals surface area contributed by atoms with Gasteiger partial charge in [-0.1, -0.05) is 29.8 Å². The van der Waals surface area contributed by atoms with E-state index in [1.807, 2.05) is 56.3 Å². The number of aryl methyl sites for hydroxylation is 3. The zero-order valence-electron chi connectivity index (χ0n) is 16.9. The van der Waals surface area contributed by atoms with Crippen LogP contribution in [0.2, 0.25) is 0 Å². The maximum atomic E-state index is 12.7. The summed E-state index contributed by atoms with van der Waals surface area (Å²) >= 11 is 0. The minimum absolute atomic E-state index is 0.0104. The van der Waals surface area contributed by atoms with E-state index < -0.39 is 0 Å². The van der Waals surface area contributed by atoms with Crippen LogP contribution in [-0.4, -0.2) is 34.1 Å². The number of para-hydroxylation sites is 2. The van der Waals surface area contributed by atoms with E-state index in [4.69, 9.17) is 4.74 Å². The van der Waals surface area contributed by atoms with Crippen molar-refractivity contribution in [2.75, 3.05) is 14.2 Å². The van der Waals surface area contributed by atoms with Crippen molar-refractivity contribution in [1.29, 1.82) is 0 Å². The summed E-state index contributed by atoms with van der Waals surface area (Å²) in [5.74, 6) is 0.760. The van der Waals surface area contributed by atoms with Gasteiger partial charge in [0.25, 0.3) is 0 Å². The molecule has 0 fully saturated rings. The van der Waals surface area contributed by atoms with E-state index in [1.165, 1.54) is 0 Å². The number of benzene rings is 2. The van der Waals surface area contributed by atoms with Crippen LogP contribution in [-0.2, 0) is 24.4 Å². The molecule has 0 aliphatic heterocycles. The van der Waals surface area contributed by atoms with Crippen molar-refractivity contribution in [3.05, 3.63) is 64.1 Å². The zero-order valence-corrected chi connectivity index (χ0v) is 16.9. The molecule has 0 atom stereocenters. The maximum Gasteiger partial charge on any atom is 0.329 e. The molecule has 0 saturated heterocycles. The molecule has 0 aliphatic carbocycles. The van der Waals surface area contributed by atoms with Gasteiger partial charge < -0.3 is 9.64 Å². The molecule has 0 saturated carbocycles. The third-order valence-electron chi connectivity index (χ3n) is 5.06. The Kier molecular flexibility index (Phi) is 5.87. The Morgan fingerprint density at radius 2 is 1.79 bits per heavy atom. The van der Waals surface area contributed by atoms with Gasteiger partial charge in [0.2, 0.25) is 5.91 Å². The van der Waals surface area contributed by atoms with Gasteiger partial charge in [-0.05, 0) is 32.0 Å². The first-order chi connectivity index (χ1) is 13.5. The quantitative estimate of drug-likeness (QED) is 0.632. The molecule has 3 rings (SSSR count). The number of hydrogen-bond acceptors (Lipinski definition) is 3. The SMILES string of the molecule is CCn1c(=O)n(CCC(=O)N(C)Cc2cc(C)ccc2OC)c2ccccc21. The fourth-order valence-corrected chi connectivity index (χ4v) is 3.57. The summed E-state index contributed by atoms with van der Waals surface area (Å²) < 4.78 is 8.83. The molecule has 0 bridgehead atoms. The fourth-order valence-electron chi connectivity index (χ4n) is 3.57. The molecule has 28 heavy (non-hydrogen) atoms. The van der Waals surface area contributed by atoms with Gasteiger partial charge in [-0.25, -0.2) is 4.79 Å². The summed E-state index contributed by atoms with van der Waals surface area (Å²) in [5.41, 5.74) is 3.79. The van der Waals surface area contributed by atoms with Gasteiger partial charge >= 0.3 is 5.69 Å². The number of carbonyl (C=O) groups is 1. The van der Waals surface area contributed by atoms with E-state index >= 15 is 0 Å². The first-order valence-corrected chi connectivity index (χ1v) is 9.51. The Labute approximate surface area is 164 Å². The second kappa shape index (κ2) is 8.33. The van der Waals surface area contributed by atoms with Crippen molar-refractivity contribution in [1.82, 2.24) is 14.0 Å². The lowest BCUT2D eigenvalue weighted by Gasteiger charge is -2.19. The minimum atomic E-state index is -0.0699. The molecule has 1 heterocycles. The van der Waals surface area contributed by atoms with Crippen LogP contribution in [0.5, 0.6) is 5.75 Å². The minimum Gasteiger partial charge on any atom is -0.496 e. The number of rotatable bonds is 7. The van der Waals surface area contributed by atoms with Crippen LogP contribution in [0.1, 0.15) is 24.5 Å². The first kappa shape index (κ1) is 19.7. The van der Waals surface area contributed by atoms with Crippen LogP contribution >= 0.6 is 0 Å². The van der Waals surface area contributed by atoms with Crippen molar-refractivity contribution in [2.45, 2.75) is 39.9 Å². The Hall–Kier alpha value is -3.02. The van der Waals surface area contributed by atoms with E-state index in [0.717, 1.165) is 27.9 Å². The molecule has 3 aromatic rings. The number of nitrogens with zero attached hydrogens (tertiary/aromatic N) is 3. The smallest absolute Gasteiger partial charge is 0.329 e. The van der Waals surface area contributed by atoms with E-state index in [-0.39, 0.29) is 18.0 Å².